The van der Waals surface area contributed by atoms with Gasteiger partial charge in [0.25, 0.3) is 0 Å². The van der Waals surface area contributed by atoms with Gasteiger partial charge in [-0.25, -0.2) is 0 Å². The number of Topliss-reactive ketones (excluding diaryl/α,β-unsaturated/α-hetero) is 1. The van der Waals surface area contributed by atoms with Gasteiger partial charge in [0, 0.05) is 11.8 Å². The van der Waals surface area contributed by atoms with Crippen LogP contribution in [0.1, 0.15) is 26.3 Å². The van der Waals surface area contributed by atoms with Gasteiger partial charge in [0.1, 0.15) is 11.5 Å². The number of phenolic OH excluding ortho intramolecular Hbond substituents is 1. The predicted octanol–water partition coefficient (Wildman–Crippen LogP) is 3.20. The van der Waals surface area contributed by atoms with Crippen LogP contribution < -0.4 is 0 Å². The Morgan fingerprint density at radius 2 is 2.00 bits per heavy atom. The number of halogens is 1. The number of carbonyl (C=O) groups is 1. The molecule has 82 valence electrons. The number of hydrogen-bond acceptors (Lipinski definition) is 2. The molecule has 0 bridgehead atoms. The molecule has 1 N–H and O–H groups in total. The molecule has 0 aliphatic heterocycles. The van der Waals surface area contributed by atoms with Gasteiger partial charge in [0.15, 0.2) is 0 Å². The molecule has 0 aliphatic carbocycles. The molecule has 1 aromatic rings. The van der Waals surface area contributed by atoms with E-state index in [1.165, 1.54) is 6.07 Å². The standard InChI is InChI=1S/C12H15ClO2/c1-12(2,3)11(15)7-8-4-5-10(14)9(13)6-8/h4-6,14H,7H2,1-3H3. The quantitative estimate of drug-likeness (QED) is 0.841. The van der Waals surface area contributed by atoms with E-state index >= 15 is 0 Å². The van der Waals surface area contributed by atoms with E-state index in [2.05, 4.69) is 0 Å². The summed E-state index contributed by atoms with van der Waals surface area (Å²) < 4.78 is 0. The average Bonchev–Trinajstić information content (AvgIpc) is 2.10. The number of hydrogen-bond donors (Lipinski definition) is 1. The Hall–Kier alpha value is -1.02. The average molecular weight is 227 g/mol. The number of carbonyl (C=O) groups excluding carboxylic acids is 1. The van der Waals surface area contributed by atoms with Gasteiger partial charge >= 0.3 is 0 Å². The van der Waals surface area contributed by atoms with Crippen molar-refractivity contribution in [3.63, 3.8) is 0 Å². The number of phenols is 1. The van der Waals surface area contributed by atoms with E-state index in [1.54, 1.807) is 12.1 Å². The summed E-state index contributed by atoms with van der Waals surface area (Å²) in [4.78, 5) is 11.7. The molecule has 0 atom stereocenters. The number of aromatic hydroxyl groups is 1. The smallest absolute Gasteiger partial charge is 0.142 e. The molecule has 15 heavy (non-hydrogen) atoms. The summed E-state index contributed by atoms with van der Waals surface area (Å²) in [6.45, 7) is 5.66. The highest BCUT2D eigenvalue weighted by molar-refractivity contribution is 6.32. The molecule has 2 nitrogen and oxygen atoms in total. The lowest BCUT2D eigenvalue weighted by Crippen LogP contribution is -2.22. The number of rotatable bonds is 2. The van der Waals surface area contributed by atoms with Crippen LogP contribution in [-0.4, -0.2) is 10.9 Å². The zero-order valence-corrected chi connectivity index (χ0v) is 9.93. The second-order valence-corrected chi connectivity index (χ2v) is 5.04. The Morgan fingerprint density at radius 1 is 1.40 bits per heavy atom. The Labute approximate surface area is 94.9 Å². The van der Waals surface area contributed by atoms with Gasteiger partial charge in [0.2, 0.25) is 0 Å². The second-order valence-electron chi connectivity index (χ2n) is 4.64. The summed E-state index contributed by atoms with van der Waals surface area (Å²) in [7, 11) is 0. The number of ketones is 1. The van der Waals surface area contributed by atoms with Gasteiger partial charge in [-0.1, -0.05) is 38.4 Å². The summed E-state index contributed by atoms with van der Waals surface area (Å²) in [5.41, 5.74) is 0.488. The highest BCUT2D eigenvalue weighted by Crippen LogP contribution is 2.25. The number of benzene rings is 1. The highest BCUT2D eigenvalue weighted by atomic mass is 35.5. The molecule has 0 aromatic heterocycles. The fraction of sp³-hybridized carbons (Fsp3) is 0.417. The normalized spacial score (nSPS) is 11.5. The minimum absolute atomic E-state index is 0.0450. The lowest BCUT2D eigenvalue weighted by atomic mass is 9.87. The molecule has 0 unspecified atom stereocenters. The van der Waals surface area contributed by atoms with Gasteiger partial charge in [-0.05, 0) is 17.7 Å². The molecule has 0 saturated carbocycles. The van der Waals surface area contributed by atoms with Crippen molar-refractivity contribution in [3.05, 3.63) is 28.8 Å². The van der Waals surface area contributed by atoms with Crippen molar-refractivity contribution in [2.24, 2.45) is 5.41 Å². The van der Waals surface area contributed by atoms with Crippen LogP contribution >= 0.6 is 11.6 Å². The first-order chi connectivity index (χ1) is 6.80. The van der Waals surface area contributed by atoms with Crippen molar-refractivity contribution in [1.82, 2.24) is 0 Å². The SMILES string of the molecule is CC(C)(C)C(=O)Cc1ccc(O)c(Cl)c1. The third-order valence-electron chi connectivity index (χ3n) is 2.21. The van der Waals surface area contributed by atoms with E-state index in [4.69, 9.17) is 11.6 Å². The maximum absolute atomic E-state index is 11.7. The minimum atomic E-state index is -0.343. The summed E-state index contributed by atoms with van der Waals surface area (Å²) in [5.74, 6) is 0.202. The third kappa shape index (κ3) is 3.24. The van der Waals surface area contributed by atoms with Crippen LogP contribution in [0.15, 0.2) is 18.2 Å². The molecule has 0 heterocycles. The van der Waals surface area contributed by atoms with Crippen molar-refractivity contribution >= 4 is 17.4 Å². The maximum Gasteiger partial charge on any atom is 0.142 e. The van der Waals surface area contributed by atoms with Gasteiger partial charge in [-0.2, -0.15) is 0 Å². The van der Waals surface area contributed by atoms with E-state index < -0.39 is 0 Å². The largest absolute Gasteiger partial charge is 0.506 e. The van der Waals surface area contributed by atoms with E-state index in [-0.39, 0.29) is 22.0 Å². The van der Waals surface area contributed by atoms with Crippen LogP contribution in [-0.2, 0) is 11.2 Å². The van der Waals surface area contributed by atoms with E-state index in [0.717, 1.165) is 5.56 Å². The van der Waals surface area contributed by atoms with E-state index in [9.17, 15) is 9.90 Å². The molecule has 1 rings (SSSR count). The van der Waals surface area contributed by atoms with Crippen LogP contribution in [0.3, 0.4) is 0 Å². The Morgan fingerprint density at radius 3 is 2.47 bits per heavy atom. The summed E-state index contributed by atoms with van der Waals surface area (Å²) in [5, 5.41) is 9.51. The highest BCUT2D eigenvalue weighted by Gasteiger charge is 2.21. The van der Waals surface area contributed by atoms with Crippen LogP contribution in [0.5, 0.6) is 5.75 Å². The molecular weight excluding hydrogens is 212 g/mol. The van der Waals surface area contributed by atoms with Gasteiger partial charge in [-0.3, -0.25) is 4.79 Å². The van der Waals surface area contributed by atoms with Crippen LogP contribution in [0.2, 0.25) is 5.02 Å². The first-order valence-electron chi connectivity index (χ1n) is 4.81. The van der Waals surface area contributed by atoms with Crippen LogP contribution in [0.25, 0.3) is 0 Å². The lowest BCUT2D eigenvalue weighted by molar-refractivity contribution is -0.125. The van der Waals surface area contributed by atoms with Crippen LogP contribution in [0, 0.1) is 5.41 Å². The van der Waals surface area contributed by atoms with Crippen LogP contribution in [0.4, 0.5) is 0 Å². The molecule has 0 spiro atoms. The first-order valence-corrected chi connectivity index (χ1v) is 5.19. The zero-order valence-electron chi connectivity index (χ0n) is 9.17. The van der Waals surface area contributed by atoms with E-state index in [1.807, 2.05) is 20.8 Å². The molecule has 0 fully saturated rings. The summed E-state index contributed by atoms with van der Waals surface area (Å²) in [6, 6.07) is 4.85. The molecule has 0 amide bonds. The summed E-state index contributed by atoms with van der Waals surface area (Å²) >= 11 is 5.75. The van der Waals surface area contributed by atoms with Crippen molar-refractivity contribution in [2.45, 2.75) is 27.2 Å². The maximum atomic E-state index is 11.7. The molecule has 0 saturated heterocycles. The fourth-order valence-electron chi connectivity index (χ4n) is 1.11. The fourth-order valence-corrected chi connectivity index (χ4v) is 1.31. The van der Waals surface area contributed by atoms with Crippen molar-refractivity contribution in [2.75, 3.05) is 0 Å². The van der Waals surface area contributed by atoms with Crippen molar-refractivity contribution < 1.29 is 9.90 Å². The predicted molar refractivity (Wildman–Crippen MR) is 61.3 cm³/mol. The van der Waals surface area contributed by atoms with Gasteiger partial charge in [-0.15, -0.1) is 0 Å². The lowest BCUT2D eigenvalue weighted by Gasteiger charge is -2.16. The van der Waals surface area contributed by atoms with Gasteiger partial charge < -0.3 is 5.11 Å². The topological polar surface area (TPSA) is 37.3 Å². The Bertz CT molecular complexity index is 378. The first kappa shape index (κ1) is 12.1. The third-order valence-corrected chi connectivity index (χ3v) is 2.52. The molecule has 3 heteroatoms. The summed E-state index contributed by atoms with van der Waals surface area (Å²) in [6.07, 6.45) is 0.351. The molecular formula is C12H15ClO2. The van der Waals surface area contributed by atoms with Crippen molar-refractivity contribution in [1.29, 1.82) is 0 Å². The Kier molecular flexibility index (Phi) is 3.40. The monoisotopic (exact) mass is 226 g/mol. The zero-order chi connectivity index (χ0) is 11.6. The molecule has 0 aliphatic rings. The Balaban J connectivity index is 2.83. The van der Waals surface area contributed by atoms with Crippen molar-refractivity contribution in [3.8, 4) is 5.75 Å². The van der Waals surface area contributed by atoms with E-state index in [0.29, 0.717) is 6.42 Å². The molecule has 0 radical (unpaired) electrons. The minimum Gasteiger partial charge on any atom is -0.506 e. The molecule has 1 aromatic carbocycles. The second kappa shape index (κ2) is 4.23. The van der Waals surface area contributed by atoms with Gasteiger partial charge in [0.05, 0.1) is 5.02 Å².